The molecule has 2 nitrogen and oxygen atoms in total. The summed E-state index contributed by atoms with van der Waals surface area (Å²) in [6.07, 6.45) is 7.31. The summed E-state index contributed by atoms with van der Waals surface area (Å²) in [5.74, 6) is 0.964. The Morgan fingerprint density at radius 1 is 0.917 bits per heavy atom. The van der Waals surface area contributed by atoms with Crippen LogP contribution < -0.4 is 10.6 Å². The molecule has 0 spiro atoms. The maximum Gasteiger partial charge on any atom is 0.0221 e. The summed E-state index contributed by atoms with van der Waals surface area (Å²) in [7, 11) is 0. The quantitative estimate of drug-likeness (QED) is 0.613. The van der Waals surface area contributed by atoms with Crippen molar-refractivity contribution in [2.24, 2.45) is 5.92 Å². The summed E-state index contributed by atoms with van der Waals surface area (Å²) in [5, 5.41) is 7.10. The van der Waals surface area contributed by atoms with Crippen LogP contribution in [0.2, 0.25) is 0 Å². The summed E-state index contributed by atoms with van der Waals surface area (Å²) in [5.41, 5.74) is 0. The predicted molar refractivity (Wildman–Crippen MR) is 51.2 cm³/mol. The van der Waals surface area contributed by atoms with Crippen LogP contribution in [0.3, 0.4) is 0 Å². The largest absolute Gasteiger partial charge is 0.314 e. The van der Waals surface area contributed by atoms with Crippen molar-refractivity contribution in [2.75, 3.05) is 19.6 Å². The van der Waals surface area contributed by atoms with Gasteiger partial charge in [0.25, 0.3) is 0 Å². The molecule has 1 saturated heterocycles. The summed E-state index contributed by atoms with van der Waals surface area (Å²) in [6.45, 7) is 3.52. The molecular weight excluding hydrogens is 148 g/mol. The number of rotatable bonds is 1. The molecule has 70 valence electrons. The van der Waals surface area contributed by atoms with Crippen LogP contribution in [0.5, 0.6) is 0 Å². The fourth-order valence-electron chi connectivity index (χ4n) is 2.55. The molecule has 0 bridgehead atoms. The van der Waals surface area contributed by atoms with E-state index in [1.807, 2.05) is 0 Å². The molecule has 1 atom stereocenters. The van der Waals surface area contributed by atoms with Gasteiger partial charge in [-0.3, -0.25) is 0 Å². The van der Waals surface area contributed by atoms with Gasteiger partial charge in [0.2, 0.25) is 0 Å². The maximum absolute atomic E-state index is 3.63. The second-order valence-corrected chi connectivity index (χ2v) is 4.16. The van der Waals surface area contributed by atoms with Gasteiger partial charge in [-0.15, -0.1) is 0 Å². The van der Waals surface area contributed by atoms with E-state index in [1.165, 1.54) is 45.2 Å². The third kappa shape index (κ3) is 1.99. The van der Waals surface area contributed by atoms with Crippen molar-refractivity contribution in [1.82, 2.24) is 10.6 Å². The van der Waals surface area contributed by atoms with Crippen molar-refractivity contribution in [3.05, 3.63) is 0 Å². The lowest BCUT2D eigenvalue weighted by Crippen LogP contribution is -2.52. The molecule has 2 rings (SSSR count). The van der Waals surface area contributed by atoms with Gasteiger partial charge in [0.15, 0.2) is 0 Å². The van der Waals surface area contributed by atoms with Crippen molar-refractivity contribution < 1.29 is 0 Å². The standard InChI is InChI=1S/C10H20N2/c1-2-4-9(5-3-1)10-8-11-6-7-12-10/h9-12H,1-8H2. The van der Waals surface area contributed by atoms with Crippen molar-refractivity contribution in [3.63, 3.8) is 0 Å². The topological polar surface area (TPSA) is 24.1 Å². The first-order valence-corrected chi connectivity index (χ1v) is 5.41. The van der Waals surface area contributed by atoms with Crippen LogP contribution in [0.1, 0.15) is 32.1 Å². The molecule has 1 heterocycles. The van der Waals surface area contributed by atoms with Crippen molar-refractivity contribution >= 4 is 0 Å². The lowest BCUT2D eigenvalue weighted by molar-refractivity contribution is 0.245. The second-order valence-electron chi connectivity index (χ2n) is 4.16. The molecule has 0 aromatic carbocycles. The van der Waals surface area contributed by atoms with Crippen LogP contribution >= 0.6 is 0 Å². The third-order valence-corrected chi connectivity index (χ3v) is 3.29. The van der Waals surface area contributed by atoms with Gasteiger partial charge >= 0.3 is 0 Å². The molecule has 1 aliphatic heterocycles. The van der Waals surface area contributed by atoms with E-state index in [4.69, 9.17) is 0 Å². The van der Waals surface area contributed by atoms with Gasteiger partial charge in [-0.25, -0.2) is 0 Å². The van der Waals surface area contributed by atoms with E-state index in [-0.39, 0.29) is 0 Å². The van der Waals surface area contributed by atoms with E-state index in [0.29, 0.717) is 0 Å². The Labute approximate surface area is 75.1 Å². The minimum atomic E-state index is 0.777. The Morgan fingerprint density at radius 2 is 1.75 bits per heavy atom. The Balaban J connectivity index is 1.80. The van der Waals surface area contributed by atoms with Crippen molar-refractivity contribution in [1.29, 1.82) is 0 Å². The lowest BCUT2D eigenvalue weighted by atomic mass is 9.83. The minimum absolute atomic E-state index is 0.777. The molecule has 2 N–H and O–H groups in total. The van der Waals surface area contributed by atoms with Gasteiger partial charge in [0, 0.05) is 25.7 Å². The van der Waals surface area contributed by atoms with Crippen LogP contribution in [0.25, 0.3) is 0 Å². The van der Waals surface area contributed by atoms with Gasteiger partial charge in [0.1, 0.15) is 0 Å². The molecule has 1 unspecified atom stereocenters. The highest BCUT2D eigenvalue weighted by molar-refractivity contribution is 4.83. The second kappa shape index (κ2) is 4.24. The Hall–Kier alpha value is -0.0800. The summed E-state index contributed by atoms with van der Waals surface area (Å²) in [6, 6.07) is 0.777. The molecule has 0 radical (unpaired) electrons. The molecule has 2 heteroatoms. The zero-order chi connectivity index (χ0) is 8.23. The van der Waals surface area contributed by atoms with Gasteiger partial charge < -0.3 is 10.6 Å². The first-order valence-electron chi connectivity index (χ1n) is 5.41. The number of hydrogen-bond acceptors (Lipinski definition) is 2. The fourth-order valence-corrected chi connectivity index (χ4v) is 2.55. The van der Waals surface area contributed by atoms with E-state index in [0.717, 1.165) is 18.5 Å². The highest BCUT2D eigenvalue weighted by Crippen LogP contribution is 2.26. The molecule has 0 aromatic rings. The third-order valence-electron chi connectivity index (χ3n) is 3.29. The SMILES string of the molecule is C1CCC(C2CNCCN2)CC1. The van der Waals surface area contributed by atoms with Crippen LogP contribution in [0.15, 0.2) is 0 Å². The Bertz CT molecular complexity index is 108. The van der Waals surface area contributed by atoms with Crippen LogP contribution in [0, 0.1) is 5.92 Å². The predicted octanol–water partition coefficient (Wildman–Crippen LogP) is 1.13. The minimum Gasteiger partial charge on any atom is -0.314 e. The van der Waals surface area contributed by atoms with E-state index in [2.05, 4.69) is 10.6 Å². The summed E-state index contributed by atoms with van der Waals surface area (Å²) < 4.78 is 0. The Kier molecular flexibility index (Phi) is 3.01. The highest BCUT2D eigenvalue weighted by atomic mass is 15.1. The van der Waals surface area contributed by atoms with Crippen molar-refractivity contribution in [3.8, 4) is 0 Å². The normalized spacial score (nSPS) is 33.5. The van der Waals surface area contributed by atoms with E-state index >= 15 is 0 Å². The molecule has 1 saturated carbocycles. The molecule has 1 aliphatic carbocycles. The molecule has 2 fully saturated rings. The molecule has 12 heavy (non-hydrogen) atoms. The monoisotopic (exact) mass is 168 g/mol. The zero-order valence-corrected chi connectivity index (χ0v) is 7.81. The lowest BCUT2D eigenvalue weighted by Gasteiger charge is -2.34. The summed E-state index contributed by atoms with van der Waals surface area (Å²) >= 11 is 0. The van der Waals surface area contributed by atoms with Crippen LogP contribution in [-0.4, -0.2) is 25.7 Å². The number of nitrogens with one attached hydrogen (secondary N) is 2. The van der Waals surface area contributed by atoms with Gasteiger partial charge in [-0.05, 0) is 18.8 Å². The van der Waals surface area contributed by atoms with Crippen molar-refractivity contribution in [2.45, 2.75) is 38.1 Å². The van der Waals surface area contributed by atoms with E-state index in [1.54, 1.807) is 0 Å². The maximum atomic E-state index is 3.63. The molecule has 0 amide bonds. The fraction of sp³-hybridized carbons (Fsp3) is 1.00. The summed E-state index contributed by atoms with van der Waals surface area (Å²) in [4.78, 5) is 0. The van der Waals surface area contributed by atoms with Gasteiger partial charge in [0.05, 0.1) is 0 Å². The van der Waals surface area contributed by atoms with E-state index < -0.39 is 0 Å². The highest BCUT2D eigenvalue weighted by Gasteiger charge is 2.24. The molecular formula is C10H20N2. The first-order chi connectivity index (χ1) is 5.97. The average Bonchev–Trinajstić information content (AvgIpc) is 2.21. The Morgan fingerprint density at radius 3 is 2.42 bits per heavy atom. The van der Waals surface area contributed by atoms with Gasteiger partial charge in [-0.2, -0.15) is 0 Å². The van der Waals surface area contributed by atoms with Crippen LogP contribution in [0.4, 0.5) is 0 Å². The average molecular weight is 168 g/mol. The first kappa shape index (κ1) is 8.52. The number of piperazine rings is 1. The zero-order valence-electron chi connectivity index (χ0n) is 7.81. The van der Waals surface area contributed by atoms with Gasteiger partial charge in [-0.1, -0.05) is 19.3 Å². The molecule has 0 aromatic heterocycles. The van der Waals surface area contributed by atoms with E-state index in [9.17, 15) is 0 Å². The van der Waals surface area contributed by atoms with Crippen LogP contribution in [-0.2, 0) is 0 Å². The molecule has 2 aliphatic rings. The number of hydrogen-bond donors (Lipinski definition) is 2. The smallest absolute Gasteiger partial charge is 0.0221 e.